The molecule has 0 saturated carbocycles. The molecular formula is C18H17NO3. The normalized spacial score (nSPS) is 19.0. The van der Waals surface area contributed by atoms with Crippen molar-refractivity contribution in [3.63, 3.8) is 0 Å². The topological polar surface area (TPSA) is 38.8 Å². The smallest absolute Gasteiger partial charge is 0.231 e. The van der Waals surface area contributed by atoms with E-state index in [2.05, 4.69) is 18.2 Å². The van der Waals surface area contributed by atoms with Gasteiger partial charge in [-0.05, 0) is 35.2 Å². The van der Waals surface area contributed by atoms with Crippen molar-refractivity contribution >= 4 is 5.91 Å². The molecule has 4 rings (SSSR count). The highest BCUT2D eigenvalue weighted by Crippen LogP contribution is 2.42. The predicted molar refractivity (Wildman–Crippen MR) is 81.9 cm³/mol. The highest BCUT2D eigenvalue weighted by atomic mass is 16.7. The van der Waals surface area contributed by atoms with E-state index in [1.54, 1.807) is 6.92 Å². The van der Waals surface area contributed by atoms with Crippen molar-refractivity contribution in [1.29, 1.82) is 0 Å². The highest BCUT2D eigenvalue weighted by Gasteiger charge is 2.32. The number of hydrogen-bond acceptors (Lipinski definition) is 3. The number of amides is 1. The van der Waals surface area contributed by atoms with Gasteiger partial charge in [-0.15, -0.1) is 0 Å². The summed E-state index contributed by atoms with van der Waals surface area (Å²) in [6.07, 6.45) is 0.842. The molecule has 0 aliphatic carbocycles. The van der Waals surface area contributed by atoms with Crippen LogP contribution in [0.1, 0.15) is 29.7 Å². The van der Waals surface area contributed by atoms with E-state index in [4.69, 9.17) is 9.47 Å². The number of fused-ring (bicyclic) bond motifs is 2. The highest BCUT2D eigenvalue weighted by molar-refractivity contribution is 5.75. The summed E-state index contributed by atoms with van der Waals surface area (Å²) in [5.74, 6) is 1.67. The summed E-state index contributed by atoms with van der Waals surface area (Å²) in [4.78, 5) is 14.0. The zero-order valence-electron chi connectivity index (χ0n) is 12.4. The van der Waals surface area contributed by atoms with E-state index in [1.165, 1.54) is 5.56 Å². The van der Waals surface area contributed by atoms with Crippen LogP contribution in [0.3, 0.4) is 0 Å². The van der Waals surface area contributed by atoms with Crippen LogP contribution in [-0.4, -0.2) is 24.1 Å². The maximum Gasteiger partial charge on any atom is 0.231 e. The summed E-state index contributed by atoms with van der Waals surface area (Å²) in [5.41, 5.74) is 3.49. The number of nitrogens with zero attached hydrogens (tertiary/aromatic N) is 1. The van der Waals surface area contributed by atoms with E-state index in [1.807, 2.05) is 29.2 Å². The molecule has 1 amide bonds. The second-order valence-corrected chi connectivity index (χ2v) is 5.68. The Kier molecular flexibility index (Phi) is 3.03. The van der Waals surface area contributed by atoms with Gasteiger partial charge in [-0.1, -0.05) is 30.3 Å². The van der Waals surface area contributed by atoms with Gasteiger partial charge in [0.1, 0.15) is 0 Å². The number of rotatable bonds is 1. The van der Waals surface area contributed by atoms with Crippen LogP contribution in [-0.2, 0) is 11.2 Å². The first-order valence-electron chi connectivity index (χ1n) is 7.48. The fourth-order valence-electron chi connectivity index (χ4n) is 3.34. The van der Waals surface area contributed by atoms with Crippen molar-refractivity contribution in [1.82, 2.24) is 4.90 Å². The molecule has 22 heavy (non-hydrogen) atoms. The molecule has 1 unspecified atom stereocenters. The van der Waals surface area contributed by atoms with Crippen molar-refractivity contribution < 1.29 is 14.3 Å². The first-order valence-corrected chi connectivity index (χ1v) is 7.48. The van der Waals surface area contributed by atoms with Gasteiger partial charge in [0, 0.05) is 13.5 Å². The SMILES string of the molecule is CC(=O)N1CCc2cc3c(cc2C1c1ccccc1)OCO3. The first-order chi connectivity index (χ1) is 10.7. The van der Waals surface area contributed by atoms with Gasteiger partial charge in [-0.2, -0.15) is 0 Å². The van der Waals surface area contributed by atoms with Crippen LogP contribution >= 0.6 is 0 Å². The van der Waals surface area contributed by atoms with E-state index in [0.717, 1.165) is 35.6 Å². The Hall–Kier alpha value is -2.49. The van der Waals surface area contributed by atoms with Gasteiger partial charge in [0.2, 0.25) is 12.7 Å². The first kappa shape index (κ1) is 13.2. The minimum atomic E-state index is -0.0584. The van der Waals surface area contributed by atoms with Crippen LogP contribution in [0.25, 0.3) is 0 Å². The molecular weight excluding hydrogens is 278 g/mol. The Morgan fingerprint density at radius 3 is 2.59 bits per heavy atom. The van der Waals surface area contributed by atoms with Crippen molar-refractivity contribution in [3.05, 3.63) is 59.2 Å². The molecule has 0 spiro atoms. The lowest BCUT2D eigenvalue weighted by atomic mass is 9.87. The van der Waals surface area contributed by atoms with E-state index < -0.39 is 0 Å². The third-order valence-electron chi connectivity index (χ3n) is 4.38. The molecule has 1 atom stereocenters. The van der Waals surface area contributed by atoms with Crippen molar-refractivity contribution in [3.8, 4) is 11.5 Å². The number of carbonyl (C=O) groups excluding carboxylic acids is 1. The summed E-state index contributed by atoms with van der Waals surface area (Å²) in [5, 5.41) is 0. The van der Waals surface area contributed by atoms with Gasteiger partial charge in [0.05, 0.1) is 6.04 Å². The zero-order valence-corrected chi connectivity index (χ0v) is 12.4. The summed E-state index contributed by atoms with van der Waals surface area (Å²) in [7, 11) is 0. The summed E-state index contributed by atoms with van der Waals surface area (Å²) < 4.78 is 11.0. The summed E-state index contributed by atoms with van der Waals surface area (Å²) in [6.45, 7) is 2.63. The Morgan fingerprint density at radius 2 is 1.86 bits per heavy atom. The molecule has 0 fully saturated rings. The maximum atomic E-state index is 12.1. The molecule has 2 aliphatic rings. The van der Waals surface area contributed by atoms with E-state index >= 15 is 0 Å². The molecule has 112 valence electrons. The van der Waals surface area contributed by atoms with Crippen LogP contribution in [0.4, 0.5) is 0 Å². The van der Waals surface area contributed by atoms with Crippen LogP contribution in [0.2, 0.25) is 0 Å². The Morgan fingerprint density at radius 1 is 1.14 bits per heavy atom. The predicted octanol–water partition coefficient (Wildman–Crippen LogP) is 2.91. The Labute approximate surface area is 129 Å². The van der Waals surface area contributed by atoms with Crippen LogP contribution in [0, 0.1) is 0 Å². The minimum absolute atomic E-state index is 0.0584. The summed E-state index contributed by atoms with van der Waals surface area (Å²) in [6, 6.07) is 14.2. The molecule has 2 aromatic carbocycles. The quantitative estimate of drug-likeness (QED) is 0.812. The zero-order chi connectivity index (χ0) is 15.1. The van der Waals surface area contributed by atoms with Crippen LogP contribution < -0.4 is 9.47 Å². The summed E-state index contributed by atoms with van der Waals surface area (Å²) >= 11 is 0. The number of hydrogen-bond donors (Lipinski definition) is 0. The lowest BCUT2D eigenvalue weighted by Gasteiger charge is -2.37. The number of carbonyl (C=O) groups is 1. The number of benzene rings is 2. The maximum absolute atomic E-state index is 12.1. The standard InChI is InChI=1S/C18H17NO3/c1-12(20)19-8-7-14-9-16-17(22-11-21-16)10-15(14)18(19)13-5-3-2-4-6-13/h2-6,9-10,18H,7-8,11H2,1H3. The minimum Gasteiger partial charge on any atom is -0.454 e. The lowest BCUT2D eigenvalue weighted by molar-refractivity contribution is -0.130. The molecule has 0 N–H and O–H groups in total. The lowest BCUT2D eigenvalue weighted by Crippen LogP contribution is -2.39. The molecule has 0 saturated heterocycles. The van der Waals surface area contributed by atoms with Gasteiger partial charge in [0.25, 0.3) is 0 Å². The largest absolute Gasteiger partial charge is 0.454 e. The average molecular weight is 295 g/mol. The van der Waals surface area contributed by atoms with Crippen molar-refractivity contribution in [2.75, 3.05) is 13.3 Å². The second-order valence-electron chi connectivity index (χ2n) is 5.68. The van der Waals surface area contributed by atoms with Crippen molar-refractivity contribution in [2.45, 2.75) is 19.4 Å². The molecule has 2 aliphatic heterocycles. The van der Waals surface area contributed by atoms with Crippen molar-refractivity contribution in [2.24, 2.45) is 0 Å². The van der Waals surface area contributed by atoms with Crippen LogP contribution in [0.15, 0.2) is 42.5 Å². The third kappa shape index (κ3) is 2.03. The average Bonchev–Trinajstić information content (AvgIpc) is 2.99. The molecule has 2 heterocycles. The Bertz CT molecular complexity index is 727. The molecule has 0 aromatic heterocycles. The molecule has 2 aromatic rings. The molecule has 4 heteroatoms. The van der Waals surface area contributed by atoms with E-state index in [-0.39, 0.29) is 18.7 Å². The third-order valence-corrected chi connectivity index (χ3v) is 4.38. The second kappa shape index (κ2) is 5.05. The van der Waals surface area contributed by atoms with Gasteiger partial charge in [-0.25, -0.2) is 0 Å². The fraction of sp³-hybridized carbons (Fsp3) is 0.278. The molecule has 0 bridgehead atoms. The Balaban J connectivity index is 1.87. The fourth-order valence-corrected chi connectivity index (χ4v) is 3.34. The monoisotopic (exact) mass is 295 g/mol. The van der Waals surface area contributed by atoms with Gasteiger partial charge < -0.3 is 14.4 Å². The number of ether oxygens (including phenoxy) is 2. The van der Waals surface area contributed by atoms with E-state index in [9.17, 15) is 4.79 Å². The van der Waals surface area contributed by atoms with Crippen LogP contribution in [0.5, 0.6) is 11.5 Å². The van der Waals surface area contributed by atoms with Gasteiger partial charge in [-0.3, -0.25) is 4.79 Å². The van der Waals surface area contributed by atoms with E-state index in [0.29, 0.717) is 0 Å². The van der Waals surface area contributed by atoms with Gasteiger partial charge >= 0.3 is 0 Å². The molecule has 0 radical (unpaired) electrons. The van der Waals surface area contributed by atoms with Gasteiger partial charge in [0.15, 0.2) is 11.5 Å². The molecule has 4 nitrogen and oxygen atoms in total.